The maximum absolute atomic E-state index is 10.3. The lowest BCUT2D eigenvalue weighted by molar-refractivity contribution is -0.133. The van der Waals surface area contributed by atoms with Gasteiger partial charge in [-0.05, 0) is 20.8 Å². The van der Waals surface area contributed by atoms with E-state index in [1.54, 1.807) is 6.92 Å². The maximum atomic E-state index is 10.3. The van der Waals surface area contributed by atoms with Crippen LogP contribution in [0, 0.1) is 13.8 Å². The standard InChI is InChI=1S/C8H13O4.C2H4O/c1-4-11-7(3)12-5-6(2)8(9)10;1-2-3/h5,7H,3-4H2,1-2H3,(H,9,10);1-2H2. The van der Waals surface area contributed by atoms with Gasteiger partial charge in [-0.15, -0.1) is 0 Å². The molecule has 87 valence electrons. The first kappa shape index (κ1) is 16.4. The van der Waals surface area contributed by atoms with Crippen molar-refractivity contribution in [2.24, 2.45) is 0 Å². The van der Waals surface area contributed by atoms with E-state index in [1.807, 2.05) is 0 Å². The van der Waals surface area contributed by atoms with E-state index in [0.717, 1.165) is 6.26 Å². The molecule has 5 nitrogen and oxygen atoms in total. The highest BCUT2D eigenvalue weighted by Crippen LogP contribution is 1.98. The first-order valence-electron chi connectivity index (χ1n) is 4.37. The summed E-state index contributed by atoms with van der Waals surface area (Å²) >= 11 is 0. The quantitative estimate of drug-likeness (QED) is 0.429. The van der Waals surface area contributed by atoms with Crippen LogP contribution < -0.4 is 0 Å². The molecule has 1 N–H and O–H groups in total. The Morgan fingerprint density at radius 3 is 2.40 bits per heavy atom. The van der Waals surface area contributed by atoms with Gasteiger partial charge in [0.2, 0.25) is 0 Å². The molecule has 0 rings (SSSR count). The molecule has 5 heteroatoms. The zero-order valence-corrected chi connectivity index (χ0v) is 9.06. The third kappa shape index (κ3) is 12.9. The molecule has 3 radical (unpaired) electrons. The van der Waals surface area contributed by atoms with E-state index in [9.17, 15) is 4.79 Å². The molecule has 0 saturated heterocycles. The number of aliphatic carboxylic acids is 1. The van der Waals surface area contributed by atoms with Crippen LogP contribution in [-0.2, 0) is 19.4 Å². The van der Waals surface area contributed by atoms with Crippen molar-refractivity contribution in [3.8, 4) is 0 Å². The zero-order valence-electron chi connectivity index (χ0n) is 9.06. The normalized spacial score (nSPS) is 12.5. The topological polar surface area (TPSA) is 75.7 Å². The van der Waals surface area contributed by atoms with Crippen molar-refractivity contribution in [3.63, 3.8) is 0 Å². The lowest BCUT2D eigenvalue weighted by atomic mass is 10.3. The summed E-state index contributed by atoms with van der Waals surface area (Å²) in [7, 11) is 0. The lowest BCUT2D eigenvalue weighted by Crippen LogP contribution is -2.10. The molecule has 0 heterocycles. The number of hydrogen-bond acceptors (Lipinski definition) is 3. The highest BCUT2D eigenvalue weighted by Gasteiger charge is 2.02. The van der Waals surface area contributed by atoms with Crippen LogP contribution in [0.3, 0.4) is 0 Å². The molecular weight excluding hydrogens is 200 g/mol. The summed E-state index contributed by atoms with van der Waals surface area (Å²) in [5.74, 6) is -1.02. The van der Waals surface area contributed by atoms with Gasteiger partial charge >= 0.3 is 5.97 Å². The van der Waals surface area contributed by atoms with E-state index < -0.39 is 12.3 Å². The fourth-order valence-electron chi connectivity index (χ4n) is 0.454. The Morgan fingerprint density at radius 2 is 2.07 bits per heavy atom. The molecule has 0 fully saturated rings. The fourth-order valence-corrected chi connectivity index (χ4v) is 0.454. The molecule has 0 aromatic carbocycles. The van der Waals surface area contributed by atoms with E-state index in [0.29, 0.717) is 6.61 Å². The van der Waals surface area contributed by atoms with Crippen molar-refractivity contribution in [2.75, 3.05) is 13.2 Å². The maximum Gasteiger partial charge on any atom is 0.334 e. The molecule has 15 heavy (non-hydrogen) atoms. The number of rotatable bonds is 5. The van der Waals surface area contributed by atoms with Crippen molar-refractivity contribution < 1.29 is 24.5 Å². The third-order valence-electron chi connectivity index (χ3n) is 1.09. The van der Waals surface area contributed by atoms with Gasteiger partial charge < -0.3 is 14.6 Å². The molecular formula is C10H17O5. The van der Waals surface area contributed by atoms with Gasteiger partial charge in [0.1, 0.15) is 0 Å². The molecule has 1 unspecified atom stereocenters. The van der Waals surface area contributed by atoms with Crippen molar-refractivity contribution >= 4 is 5.97 Å². The third-order valence-corrected chi connectivity index (χ3v) is 1.09. The Morgan fingerprint density at radius 1 is 1.60 bits per heavy atom. The second kappa shape index (κ2) is 11.0. The minimum absolute atomic E-state index is 0.114. The van der Waals surface area contributed by atoms with Gasteiger partial charge in [0.25, 0.3) is 0 Å². The number of carboxylic acids is 1. The van der Waals surface area contributed by atoms with Crippen LogP contribution in [0.2, 0.25) is 0 Å². The van der Waals surface area contributed by atoms with E-state index in [2.05, 4.69) is 13.8 Å². The second-order valence-electron chi connectivity index (χ2n) is 2.33. The summed E-state index contributed by atoms with van der Waals surface area (Å²) < 4.78 is 9.73. The number of carboxylic acid groups (broad SMARTS) is 1. The van der Waals surface area contributed by atoms with Gasteiger partial charge in [0.15, 0.2) is 6.29 Å². The minimum Gasteiger partial charge on any atom is -0.478 e. The summed E-state index contributed by atoms with van der Waals surface area (Å²) in [5.41, 5.74) is 0.114. The summed E-state index contributed by atoms with van der Waals surface area (Å²) in [6.45, 7) is 9.87. The Hall–Kier alpha value is -1.07. The molecule has 0 amide bonds. The van der Waals surface area contributed by atoms with Crippen molar-refractivity contribution in [1.82, 2.24) is 0 Å². The summed E-state index contributed by atoms with van der Waals surface area (Å²) in [4.78, 5) is 10.3. The second-order valence-corrected chi connectivity index (χ2v) is 2.33. The van der Waals surface area contributed by atoms with Crippen LogP contribution in [0.15, 0.2) is 11.8 Å². The van der Waals surface area contributed by atoms with E-state index >= 15 is 0 Å². The first-order chi connectivity index (χ1) is 6.99. The Kier molecular flexibility index (Phi) is 12.0. The monoisotopic (exact) mass is 217 g/mol. The van der Waals surface area contributed by atoms with Crippen LogP contribution in [0.5, 0.6) is 0 Å². The molecule has 0 aromatic rings. The summed E-state index contributed by atoms with van der Waals surface area (Å²) in [6.07, 6.45) is 0.472. The Bertz CT molecular complexity index is 188. The van der Waals surface area contributed by atoms with E-state index in [4.69, 9.17) is 19.7 Å². The molecule has 1 atom stereocenters. The van der Waals surface area contributed by atoms with Crippen LogP contribution in [0.25, 0.3) is 0 Å². The SMILES string of the molecule is [CH2]C(OC=C(C)C(=O)O)OCC.[CH2]C[O]. The molecule has 0 bridgehead atoms. The van der Waals surface area contributed by atoms with Crippen LogP contribution in [-0.4, -0.2) is 30.6 Å². The summed E-state index contributed by atoms with van der Waals surface area (Å²) in [5, 5.41) is 17.2. The van der Waals surface area contributed by atoms with E-state index in [-0.39, 0.29) is 12.2 Å². The van der Waals surface area contributed by atoms with Crippen LogP contribution in [0.4, 0.5) is 0 Å². The minimum atomic E-state index is -1.02. The predicted octanol–water partition coefficient (Wildman–Crippen LogP) is 1.44. The highest BCUT2D eigenvalue weighted by molar-refractivity contribution is 5.85. The molecule has 0 saturated carbocycles. The van der Waals surface area contributed by atoms with Gasteiger partial charge in [-0.3, -0.25) is 0 Å². The average molecular weight is 217 g/mol. The zero-order chi connectivity index (χ0) is 12.3. The molecule has 0 spiro atoms. The number of carbonyl (C=O) groups is 1. The lowest BCUT2D eigenvalue weighted by Gasteiger charge is -2.10. The van der Waals surface area contributed by atoms with Gasteiger partial charge in [-0.2, -0.15) is 0 Å². The first-order valence-corrected chi connectivity index (χ1v) is 4.37. The molecule has 0 aliphatic heterocycles. The number of ether oxygens (including phenoxy) is 2. The van der Waals surface area contributed by atoms with Gasteiger partial charge in [0.05, 0.1) is 18.4 Å². The fraction of sp³-hybridized carbons (Fsp3) is 0.500. The molecule has 0 aliphatic rings. The molecule has 0 aromatic heterocycles. The predicted molar refractivity (Wildman–Crippen MR) is 54.2 cm³/mol. The smallest absolute Gasteiger partial charge is 0.334 e. The number of hydrogen-bond donors (Lipinski definition) is 1. The van der Waals surface area contributed by atoms with Crippen LogP contribution in [0.1, 0.15) is 13.8 Å². The average Bonchev–Trinajstić information content (AvgIpc) is 2.15. The molecule has 0 aliphatic carbocycles. The van der Waals surface area contributed by atoms with E-state index in [1.165, 1.54) is 6.92 Å². The Balaban J connectivity index is 0. The van der Waals surface area contributed by atoms with Crippen molar-refractivity contribution in [2.45, 2.75) is 20.1 Å². The van der Waals surface area contributed by atoms with Crippen LogP contribution >= 0.6 is 0 Å². The van der Waals surface area contributed by atoms with Crippen molar-refractivity contribution in [3.05, 3.63) is 25.7 Å². The van der Waals surface area contributed by atoms with Gasteiger partial charge in [-0.1, -0.05) is 0 Å². The largest absolute Gasteiger partial charge is 0.478 e. The van der Waals surface area contributed by atoms with Gasteiger partial charge in [-0.25, -0.2) is 9.90 Å². The highest BCUT2D eigenvalue weighted by atomic mass is 16.7. The van der Waals surface area contributed by atoms with Gasteiger partial charge in [0, 0.05) is 13.5 Å². The Labute approximate surface area is 90.3 Å². The van der Waals surface area contributed by atoms with Crippen molar-refractivity contribution in [1.29, 1.82) is 0 Å². The summed E-state index contributed by atoms with van der Waals surface area (Å²) in [6, 6.07) is 0.